The van der Waals surface area contributed by atoms with Gasteiger partial charge in [-0.1, -0.05) is 48.4 Å². The van der Waals surface area contributed by atoms with E-state index in [1.54, 1.807) is 7.11 Å². The topological polar surface area (TPSA) is 49.8 Å². The third kappa shape index (κ3) is 3.80. The van der Waals surface area contributed by atoms with Crippen LogP contribution in [0.5, 0.6) is 5.75 Å². The van der Waals surface area contributed by atoms with Crippen LogP contribution >= 0.6 is 11.6 Å². The van der Waals surface area contributed by atoms with Crippen LogP contribution in [0.25, 0.3) is 0 Å². The number of carbonyl (C=O) groups is 1. The van der Waals surface area contributed by atoms with Crippen LogP contribution in [0.15, 0.2) is 48.5 Å². The number of hydrogen-bond acceptors (Lipinski definition) is 3. The average molecular weight is 360 g/mol. The molecule has 2 atom stereocenters. The van der Waals surface area contributed by atoms with Crippen molar-refractivity contribution in [1.29, 1.82) is 0 Å². The molecule has 1 saturated heterocycles. The quantitative estimate of drug-likeness (QED) is 0.860. The van der Waals surface area contributed by atoms with Gasteiger partial charge in [-0.2, -0.15) is 0 Å². The van der Waals surface area contributed by atoms with Gasteiger partial charge in [-0.25, -0.2) is 0 Å². The van der Waals surface area contributed by atoms with E-state index in [-0.39, 0.29) is 6.04 Å². The summed E-state index contributed by atoms with van der Waals surface area (Å²) in [5.74, 6) is -0.0295. The number of methoxy groups -OCH3 is 1. The minimum Gasteiger partial charge on any atom is -0.497 e. The van der Waals surface area contributed by atoms with Crippen LogP contribution in [0.4, 0.5) is 0 Å². The molecule has 0 aliphatic carbocycles. The Labute approximate surface area is 153 Å². The largest absolute Gasteiger partial charge is 0.497 e. The van der Waals surface area contributed by atoms with Gasteiger partial charge in [0.2, 0.25) is 0 Å². The normalized spacial score (nSPS) is 19.4. The molecule has 4 nitrogen and oxygen atoms in total. The SMILES string of the molecule is COc1cccc(C(c2ccccc2Cl)N2CCCCC2C(=O)O)c1. The summed E-state index contributed by atoms with van der Waals surface area (Å²) in [5, 5.41) is 10.4. The first-order valence-corrected chi connectivity index (χ1v) is 8.86. The summed E-state index contributed by atoms with van der Waals surface area (Å²) in [5.41, 5.74) is 1.91. The lowest BCUT2D eigenvalue weighted by molar-refractivity contribution is -0.145. The van der Waals surface area contributed by atoms with E-state index in [0.717, 1.165) is 36.3 Å². The number of benzene rings is 2. The maximum atomic E-state index is 11.8. The average Bonchev–Trinajstić information content (AvgIpc) is 2.64. The smallest absolute Gasteiger partial charge is 0.320 e. The molecule has 0 bridgehead atoms. The number of nitrogens with zero attached hydrogens (tertiary/aromatic N) is 1. The molecular formula is C20H22ClNO3. The molecule has 2 aromatic carbocycles. The monoisotopic (exact) mass is 359 g/mol. The first-order chi connectivity index (χ1) is 12.1. The predicted octanol–water partition coefficient (Wildman–Crippen LogP) is 4.38. The number of rotatable bonds is 5. The zero-order valence-electron chi connectivity index (χ0n) is 14.2. The predicted molar refractivity (Wildman–Crippen MR) is 98.3 cm³/mol. The molecule has 1 N–H and O–H groups in total. The van der Waals surface area contributed by atoms with Crippen molar-refractivity contribution in [3.05, 3.63) is 64.7 Å². The summed E-state index contributed by atoms with van der Waals surface area (Å²) >= 11 is 6.48. The molecule has 25 heavy (non-hydrogen) atoms. The highest BCUT2D eigenvalue weighted by molar-refractivity contribution is 6.31. The van der Waals surface area contributed by atoms with Crippen LogP contribution < -0.4 is 4.74 Å². The molecule has 0 radical (unpaired) electrons. The number of ether oxygens (including phenoxy) is 1. The summed E-state index contributed by atoms with van der Waals surface area (Å²) in [7, 11) is 1.63. The molecule has 1 aliphatic rings. The lowest BCUT2D eigenvalue weighted by atomic mass is 9.91. The van der Waals surface area contributed by atoms with Gasteiger partial charge >= 0.3 is 5.97 Å². The first-order valence-electron chi connectivity index (χ1n) is 8.48. The molecule has 1 fully saturated rings. The molecule has 0 saturated carbocycles. The molecule has 0 amide bonds. The number of halogens is 1. The van der Waals surface area contributed by atoms with Crippen molar-refractivity contribution < 1.29 is 14.6 Å². The third-order valence-corrected chi connectivity index (χ3v) is 5.11. The van der Waals surface area contributed by atoms with E-state index in [1.807, 2.05) is 48.5 Å². The number of carboxylic acid groups (broad SMARTS) is 1. The van der Waals surface area contributed by atoms with Crippen molar-refractivity contribution in [2.45, 2.75) is 31.3 Å². The Balaban J connectivity index is 2.11. The Morgan fingerprint density at radius 3 is 2.76 bits per heavy atom. The second kappa shape index (κ2) is 7.89. The minimum atomic E-state index is -0.778. The summed E-state index contributed by atoms with van der Waals surface area (Å²) in [6.07, 6.45) is 2.57. The Morgan fingerprint density at radius 1 is 1.24 bits per heavy atom. The number of hydrogen-bond donors (Lipinski definition) is 1. The van der Waals surface area contributed by atoms with Crippen LogP contribution in [-0.4, -0.2) is 35.7 Å². The fourth-order valence-electron chi connectivity index (χ4n) is 3.59. The minimum absolute atomic E-state index is 0.217. The highest BCUT2D eigenvalue weighted by atomic mass is 35.5. The molecule has 0 spiro atoms. The van der Waals surface area contributed by atoms with Crippen LogP contribution in [0.2, 0.25) is 5.02 Å². The lowest BCUT2D eigenvalue weighted by Crippen LogP contribution is -2.46. The molecular weight excluding hydrogens is 338 g/mol. The third-order valence-electron chi connectivity index (χ3n) is 4.77. The number of piperidine rings is 1. The Morgan fingerprint density at radius 2 is 2.04 bits per heavy atom. The maximum absolute atomic E-state index is 11.8. The van der Waals surface area contributed by atoms with Crippen molar-refractivity contribution in [2.75, 3.05) is 13.7 Å². The van der Waals surface area contributed by atoms with Gasteiger partial charge in [-0.05, 0) is 48.7 Å². The Kier molecular flexibility index (Phi) is 5.61. The molecule has 5 heteroatoms. The van der Waals surface area contributed by atoms with Gasteiger partial charge in [-0.3, -0.25) is 9.69 Å². The molecule has 1 aliphatic heterocycles. The Bertz CT molecular complexity index is 749. The summed E-state index contributed by atoms with van der Waals surface area (Å²) < 4.78 is 5.36. The van der Waals surface area contributed by atoms with Gasteiger partial charge in [0.25, 0.3) is 0 Å². The van der Waals surface area contributed by atoms with Crippen LogP contribution in [0, 0.1) is 0 Å². The fourth-order valence-corrected chi connectivity index (χ4v) is 3.83. The Hall–Kier alpha value is -2.04. The highest BCUT2D eigenvalue weighted by Crippen LogP contribution is 2.38. The van der Waals surface area contributed by atoms with Crippen molar-refractivity contribution in [3.8, 4) is 5.75 Å². The van der Waals surface area contributed by atoms with Crippen LogP contribution in [0.3, 0.4) is 0 Å². The number of carboxylic acids is 1. The molecule has 132 valence electrons. The van der Waals surface area contributed by atoms with Crippen LogP contribution in [0.1, 0.15) is 36.4 Å². The first kappa shape index (κ1) is 17.8. The van der Waals surface area contributed by atoms with Crippen molar-refractivity contribution in [3.63, 3.8) is 0 Å². The second-order valence-electron chi connectivity index (χ2n) is 6.29. The van der Waals surface area contributed by atoms with Crippen molar-refractivity contribution in [2.24, 2.45) is 0 Å². The van der Waals surface area contributed by atoms with E-state index < -0.39 is 12.0 Å². The molecule has 2 unspecified atom stereocenters. The second-order valence-corrected chi connectivity index (χ2v) is 6.70. The number of likely N-dealkylation sites (tertiary alicyclic amines) is 1. The summed E-state index contributed by atoms with van der Waals surface area (Å²) in [6.45, 7) is 0.726. The lowest BCUT2D eigenvalue weighted by Gasteiger charge is -2.40. The molecule has 3 rings (SSSR count). The zero-order chi connectivity index (χ0) is 17.8. The van der Waals surface area contributed by atoms with Gasteiger partial charge in [0, 0.05) is 5.02 Å². The van der Waals surface area contributed by atoms with E-state index in [0.29, 0.717) is 11.4 Å². The number of aliphatic carboxylic acids is 1. The van der Waals surface area contributed by atoms with Gasteiger partial charge in [0.1, 0.15) is 11.8 Å². The maximum Gasteiger partial charge on any atom is 0.320 e. The summed E-state index contributed by atoms with van der Waals surface area (Å²) in [6, 6.07) is 14.7. The van der Waals surface area contributed by atoms with Crippen molar-refractivity contribution in [1.82, 2.24) is 4.90 Å². The zero-order valence-corrected chi connectivity index (χ0v) is 14.9. The molecule has 0 aromatic heterocycles. The van der Waals surface area contributed by atoms with E-state index in [2.05, 4.69) is 4.90 Å². The fraction of sp³-hybridized carbons (Fsp3) is 0.350. The van der Waals surface area contributed by atoms with E-state index >= 15 is 0 Å². The van der Waals surface area contributed by atoms with Crippen LogP contribution in [-0.2, 0) is 4.79 Å². The van der Waals surface area contributed by atoms with E-state index in [4.69, 9.17) is 16.3 Å². The van der Waals surface area contributed by atoms with Gasteiger partial charge in [-0.15, -0.1) is 0 Å². The molecule has 1 heterocycles. The van der Waals surface area contributed by atoms with Gasteiger partial charge in [0.05, 0.1) is 13.2 Å². The molecule has 2 aromatic rings. The standard InChI is InChI=1S/C20H22ClNO3/c1-25-15-8-6-7-14(13-15)19(16-9-2-3-10-17(16)21)22-12-5-4-11-18(22)20(23)24/h2-3,6-10,13,18-19H,4-5,11-12H2,1H3,(H,23,24). The van der Waals surface area contributed by atoms with Gasteiger partial charge < -0.3 is 9.84 Å². The summed E-state index contributed by atoms with van der Waals surface area (Å²) in [4.78, 5) is 13.9. The van der Waals surface area contributed by atoms with Crippen molar-refractivity contribution >= 4 is 17.6 Å². The highest BCUT2D eigenvalue weighted by Gasteiger charge is 2.35. The van der Waals surface area contributed by atoms with E-state index in [9.17, 15) is 9.90 Å². The van der Waals surface area contributed by atoms with E-state index in [1.165, 1.54) is 0 Å². The van der Waals surface area contributed by atoms with Gasteiger partial charge in [0.15, 0.2) is 0 Å².